The first-order valence-corrected chi connectivity index (χ1v) is 6.56. The van der Waals surface area contributed by atoms with Gasteiger partial charge in [-0.3, -0.25) is 9.59 Å². The first-order chi connectivity index (χ1) is 8.39. The van der Waals surface area contributed by atoms with Crippen LogP contribution >= 0.6 is 0 Å². The summed E-state index contributed by atoms with van der Waals surface area (Å²) in [5.74, 6) is 0.245. The number of hydrogen-bond acceptors (Lipinski definition) is 3. The third kappa shape index (κ3) is 3.45. The summed E-state index contributed by atoms with van der Waals surface area (Å²) in [6.07, 6.45) is 2.18. The molecule has 1 aliphatic heterocycles. The molecule has 2 amide bonds. The van der Waals surface area contributed by atoms with Crippen LogP contribution in [0.15, 0.2) is 0 Å². The Bertz CT molecular complexity index is 309. The highest BCUT2D eigenvalue weighted by Crippen LogP contribution is 2.33. The molecule has 2 N–H and O–H groups in total. The van der Waals surface area contributed by atoms with E-state index in [1.807, 2.05) is 13.8 Å². The predicted octanol–water partition coefficient (Wildman–Crippen LogP) is 0.217. The number of carbonyl (C=O) groups excluding carboxylic acids is 2. The van der Waals surface area contributed by atoms with Gasteiger partial charge in [-0.25, -0.2) is 0 Å². The molecule has 0 aromatic heterocycles. The van der Waals surface area contributed by atoms with Gasteiger partial charge >= 0.3 is 0 Å². The maximum atomic E-state index is 12.4. The molecule has 1 saturated heterocycles. The van der Waals surface area contributed by atoms with Crippen LogP contribution < -0.4 is 10.6 Å². The van der Waals surface area contributed by atoms with E-state index in [2.05, 4.69) is 10.6 Å². The number of nitrogens with zero attached hydrogens (tertiary/aromatic N) is 1. The normalized spacial score (nSPS) is 20.3. The van der Waals surface area contributed by atoms with Crippen molar-refractivity contribution < 1.29 is 9.59 Å². The highest BCUT2D eigenvalue weighted by atomic mass is 16.2. The van der Waals surface area contributed by atoms with Crippen molar-refractivity contribution >= 4 is 11.8 Å². The highest BCUT2D eigenvalue weighted by Gasteiger charge is 2.39. The molecular weight excluding hydrogens is 230 g/mol. The topological polar surface area (TPSA) is 61.4 Å². The van der Waals surface area contributed by atoms with Gasteiger partial charge in [0.15, 0.2) is 0 Å². The average molecular weight is 255 g/mol. The lowest BCUT2D eigenvalue weighted by Gasteiger charge is -2.38. The maximum absolute atomic E-state index is 12.4. The monoisotopic (exact) mass is 255 g/mol. The number of nitrogens with one attached hydrogen (secondary N) is 2. The number of amides is 2. The molecule has 0 saturated carbocycles. The second kappa shape index (κ2) is 6.18. The Balaban J connectivity index is 2.64. The van der Waals surface area contributed by atoms with Crippen LogP contribution in [0.5, 0.6) is 0 Å². The number of likely N-dealkylation sites (N-methyl/N-ethyl adjacent to an activating group) is 2. The molecule has 1 aliphatic rings. The van der Waals surface area contributed by atoms with Crippen molar-refractivity contribution in [3.05, 3.63) is 0 Å². The summed E-state index contributed by atoms with van der Waals surface area (Å²) in [7, 11) is 3.27. The van der Waals surface area contributed by atoms with E-state index in [9.17, 15) is 9.59 Å². The second-order valence-electron chi connectivity index (χ2n) is 5.60. The molecule has 0 spiro atoms. The van der Waals surface area contributed by atoms with Gasteiger partial charge in [0.25, 0.3) is 0 Å². The summed E-state index contributed by atoms with van der Waals surface area (Å²) in [4.78, 5) is 25.3. The fourth-order valence-electron chi connectivity index (χ4n) is 2.50. The van der Waals surface area contributed by atoms with E-state index < -0.39 is 5.41 Å². The predicted molar refractivity (Wildman–Crippen MR) is 71.1 cm³/mol. The van der Waals surface area contributed by atoms with E-state index in [1.54, 1.807) is 14.1 Å². The fraction of sp³-hybridized carbons (Fsp3) is 0.846. The zero-order valence-electron chi connectivity index (χ0n) is 11.9. The zero-order valence-corrected chi connectivity index (χ0v) is 11.9. The Labute approximate surface area is 109 Å². The largest absolute Gasteiger partial charge is 0.358 e. The first-order valence-electron chi connectivity index (χ1n) is 6.56. The smallest absolute Gasteiger partial charge is 0.239 e. The molecule has 1 unspecified atom stereocenters. The van der Waals surface area contributed by atoms with Gasteiger partial charge in [-0.2, -0.15) is 0 Å². The van der Waals surface area contributed by atoms with E-state index in [1.165, 1.54) is 4.90 Å². The fourth-order valence-corrected chi connectivity index (χ4v) is 2.50. The second-order valence-corrected chi connectivity index (χ2v) is 5.60. The van der Waals surface area contributed by atoms with Gasteiger partial charge in [-0.1, -0.05) is 13.8 Å². The van der Waals surface area contributed by atoms with Crippen LogP contribution in [-0.2, 0) is 9.59 Å². The summed E-state index contributed by atoms with van der Waals surface area (Å²) in [6, 6.07) is 0. The molecule has 0 aromatic rings. The van der Waals surface area contributed by atoms with Gasteiger partial charge in [0.05, 0.1) is 6.54 Å². The summed E-state index contributed by atoms with van der Waals surface area (Å²) < 4.78 is 0. The first kappa shape index (κ1) is 15.0. The molecule has 0 aliphatic carbocycles. The third-order valence-electron chi connectivity index (χ3n) is 3.88. The summed E-state index contributed by atoms with van der Waals surface area (Å²) in [6.45, 7) is 6.00. The molecule has 0 bridgehead atoms. The number of rotatable bonds is 4. The third-order valence-corrected chi connectivity index (χ3v) is 3.88. The van der Waals surface area contributed by atoms with Crippen LogP contribution in [0.1, 0.15) is 26.7 Å². The zero-order chi connectivity index (χ0) is 13.8. The average Bonchev–Trinajstić information content (AvgIpc) is 2.38. The van der Waals surface area contributed by atoms with E-state index in [0.717, 1.165) is 25.9 Å². The molecule has 1 fully saturated rings. The van der Waals surface area contributed by atoms with Crippen LogP contribution in [0.4, 0.5) is 0 Å². The molecule has 0 aromatic carbocycles. The number of piperidine rings is 1. The highest BCUT2D eigenvalue weighted by molar-refractivity contribution is 5.87. The molecular formula is C13H25N3O2. The SMILES string of the molecule is CNC(=O)CN(C)C(=O)C(C)(C)C1CCCNC1. The maximum Gasteiger partial charge on any atom is 0.239 e. The Morgan fingerprint density at radius 3 is 2.61 bits per heavy atom. The van der Waals surface area contributed by atoms with Crippen molar-refractivity contribution in [2.45, 2.75) is 26.7 Å². The van der Waals surface area contributed by atoms with E-state index in [-0.39, 0.29) is 18.4 Å². The Kier molecular flexibility index (Phi) is 5.14. The molecule has 1 atom stereocenters. The van der Waals surface area contributed by atoms with Crippen molar-refractivity contribution in [2.24, 2.45) is 11.3 Å². The summed E-state index contributed by atoms with van der Waals surface area (Å²) in [5, 5.41) is 5.87. The molecule has 5 nitrogen and oxygen atoms in total. The van der Waals surface area contributed by atoms with Gasteiger partial charge in [0.2, 0.25) is 11.8 Å². The van der Waals surface area contributed by atoms with Crippen molar-refractivity contribution in [1.82, 2.24) is 15.5 Å². The van der Waals surface area contributed by atoms with Gasteiger partial charge in [0, 0.05) is 19.5 Å². The number of carbonyl (C=O) groups is 2. The summed E-state index contributed by atoms with van der Waals surface area (Å²) >= 11 is 0. The summed E-state index contributed by atoms with van der Waals surface area (Å²) in [5.41, 5.74) is -0.420. The minimum atomic E-state index is -0.420. The van der Waals surface area contributed by atoms with Crippen LogP contribution in [0.25, 0.3) is 0 Å². The van der Waals surface area contributed by atoms with Gasteiger partial charge in [0.1, 0.15) is 0 Å². The lowest BCUT2D eigenvalue weighted by molar-refractivity contribution is -0.145. The minimum Gasteiger partial charge on any atom is -0.358 e. The Hall–Kier alpha value is -1.10. The van der Waals surface area contributed by atoms with Crippen molar-refractivity contribution in [3.8, 4) is 0 Å². The minimum absolute atomic E-state index is 0.0415. The van der Waals surface area contributed by atoms with Crippen LogP contribution in [0, 0.1) is 11.3 Å². The molecule has 18 heavy (non-hydrogen) atoms. The Morgan fingerprint density at radius 1 is 1.44 bits per heavy atom. The lowest BCUT2D eigenvalue weighted by atomic mass is 9.74. The van der Waals surface area contributed by atoms with Crippen LogP contribution in [0.3, 0.4) is 0 Å². The van der Waals surface area contributed by atoms with Gasteiger partial charge in [-0.05, 0) is 31.8 Å². The quantitative estimate of drug-likeness (QED) is 0.755. The van der Waals surface area contributed by atoms with Gasteiger partial charge in [-0.15, -0.1) is 0 Å². The molecule has 104 valence electrons. The standard InChI is InChI=1S/C13H25N3O2/c1-13(2,10-6-5-7-15-8-10)12(18)16(4)9-11(17)14-3/h10,15H,5-9H2,1-4H3,(H,14,17). The van der Waals surface area contributed by atoms with Crippen LogP contribution in [0.2, 0.25) is 0 Å². The van der Waals surface area contributed by atoms with Gasteiger partial charge < -0.3 is 15.5 Å². The molecule has 1 heterocycles. The van der Waals surface area contributed by atoms with Crippen LogP contribution in [-0.4, -0.2) is 50.4 Å². The Morgan fingerprint density at radius 2 is 2.11 bits per heavy atom. The van der Waals surface area contributed by atoms with E-state index in [4.69, 9.17) is 0 Å². The molecule has 5 heteroatoms. The van der Waals surface area contributed by atoms with Crippen molar-refractivity contribution in [3.63, 3.8) is 0 Å². The van der Waals surface area contributed by atoms with E-state index in [0.29, 0.717) is 5.92 Å². The van der Waals surface area contributed by atoms with Crippen molar-refractivity contribution in [2.75, 3.05) is 33.7 Å². The number of hydrogen-bond donors (Lipinski definition) is 2. The molecule has 1 rings (SSSR count). The molecule has 0 radical (unpaired) electrons. The van der Waals surface area contributed by atoms with Crippen molar-refractivity contribution in [1.29, 1.82) is 0 Å². The lowest BCUT2D eigenvalue weighted by Crippen LogP contribution is -2.49. The van der Waals surface area contributed by atoms with E-state index >= 15 is 0 Å².